The van der Waals surface area contributed by atoms with Crippen LogP contribution in [0.3, 0.4) is 0 Å². The number of rotatable bonds is 4. The van der Waals surface area contributed by atoms with Crippen LogP contribution in [0.5, 0.6) is 5.75 Å². The van der Waals surface area contributed by atoms with E-state index < -0.39 is 23.5 Å². The maximum atomic E-state index is 13.1. The summed E-state index contributed by atoms with van der Waals surface area (Å²) >= 11 is 1.49. The molecule has 0 atom stereocenters. The van der Waals surface area contributed by atoms with E-state index in [1.54, 1.807) is 59.7 Å². The Kier molecular flexibility index (Phi) is 6.72. The molecule has 0 spiro atoms. The van der Waals surface area contributed by atoms with Gasteiger partial charge in [-0.15, -0.1) is 11.3 Å². The number of phenolic OH excluding ortho intramolecular Hbond substituents is 1. The summed E-state index contributed by atoms with van der Waals surface area (Å²) in [5.74, 6) is 0.0000119. The first kappa shape index (κ1) is 26.5. The van der Waals surface area contributed by atoms with E-state index in [1.807, 2.05) is 25.1 Å². The molecule has 10 nitrogen and oxygen atoms in total. The summed E-state index contributed by atoms with van der Waals surface area (Å²) in [6.45, 7) is 11.2. The maximum absolute atomic E-state index is 13.1. The molecule has 0 saturated heterocycles. The highest BCUT2D eigenvalue weighted by Crippen LogP contribution is 2.38. The van der Waals surface area contributed by atoms with Gasteiger partial charge in [0.1, 0.15) is 28.3 Å². The third kappa shape index (κ3) is 5.89. The number of benzene rings is 1. The molecule has 0 radical (unpaired) electrons. The Morgan fingerprint density at radius 2 is 1.68 bits per heavy atom. The number of phenols is 1. The van der Waals surface area contributed by atoms with Gasteiger partial charge in [-0.1, -0.05) is 0 Å². The minimum Gasteiger partial charge on any atom is -0.508 e. The number of aromatic nitrogens is 3. The molecular weight excluding hydrogens is 496 g/mol. The molecule has 0 fully saturated rings. The molecule has 1 aromatic carbocycles. The van der Waals surface area contributed by atoms with Gasteiger partial charge in [-0.2, -0.15) is 14.5 Å². The average Bonchev–Trinajstić information content (AvgIpc) is 3.36. The van der Waals surface area contributed by atoms with Gasteiger partial charge in [0.2, 0.25) is 0 Å². The van der Waals surface area contributed by atoms with E-state index in [4.69, 9.17) is 14.3 Å². The van der Waals surface area contributed by atoms with E-state index in [0.29, 0.717) is 34.4 Å². The quantitative estimate of drug-likeness (QED) is 0.339. The Balaban J connectivity index is 1.93. The van der Waals surface area contributed by atoms with Crippen molar-refractivity contribution in [1.82, 2.24) is 19.4 Å². The zero-order valence-electron chi connectivity index (χ0n) is 22.3. The molecular formula is C26H32N4O6S. The predicted molar refractivity (Wildman–Crippen MR) is 142 cm³/mol. The summed E-state index contributed by atoms with van der Waals surface area (Å²) in [5.41, 5.74) is 0.369. The van der Waals surface area contributed by atoms with E-state index in [2.05, 4.69) is 5.10 Å². The van der Waals surface area contributed by atoms with Crippen LogP contribution in [0.15, 0.2) is 30.3 Å². The van der Waals surface area contributed by atoms with E-state index >= 15 is 0 Å². The largest absolute Gasteiger partial charge is 0.534 e. The molecule has 0 saturated carbocycles. The van der Waals surface area contributed by atoms with Crippen molar-refractivity contribution in [3.8, 4) is 17.1 Å². The highest BCUT2D eigenvalue weighted by molar-refractivity contribution is 7.19. The molecule has 1 N–H and O–H groups in total. The van der Waals surface area contributed by atoms with Gasteiger partial charge in [-0.3, -0.25) is 0 Å². The lowest BCUT2D eigenvalue weighted by molar-refractivity contribution is -0.00809. The molecule has 3 heterocycles. The minimum absolute atomic E-state index is 0.0000119. The van der Waals surface area contributed by atoms with Crippen LogP contribution in [-0.2, 0) is 16.0 Å². The zero-order chi connectivity index (χ0) is 27.3. The lowest BCUT2D eigenvalue weighted by atomic mass is 10.2. The second-order valence-electron chi connectivity index (χ2n) is 11.0. The number of thiophene rings is 1. The van der Waals surface area contributed by atoms with Gasteiger partial charge in [0.05, 0.1) is 15.7 Å². The summed E-state index contributed by atoms with van der Waals surface area (Å²) < 4.78 is 14.2. The fourth-order valence-corrected chi connectivity index (χ4v) is 4.98. The number of hydrogen-bond acceptors (Lipinski definition) is 9. The fourth-order valence-electron chi connectivity index (χ4n) is 3.73. The van der Waals surface area contributed by atoms with Crippen molar-refractivity contribution in [3.05, 3.63) is 35.2 Å². The highest BCUT2D eigenvalue weighted by atomic mass is 32.1. The van der Waals surface area contributed by atoms with Gasteiger partial charge in [0.15, 0.2) is 0 Å². The molecule has 0 aliphatic carbocycles. The van der Waals surface area contributed by atoms with Gasteiger partial charge in [-0.05, 0) is 79.9 Å². The zero-order valence-corrected chi connectivity index (χ0v) is 23.1. The molecule has 4 aromatic rings. The van der Waals surface area contributed by atoms with Gasteiger partial charge in [0.25, 0.3) is 0 Å². The number of hydrogen-bond donors (Lipinski definition) is 1. The molecule has 0 unspecified atom stereocenters. The molecule has 0 aliphatic heterocycles. The van der Waals surface area contributed by atoms with Gasteiger partial charge >= 0.3 is 12.2 Å². The minimum atomic E-state index is -0.920. The van der Waals surface area contributed by atoms with Crippen LogP contribution in [0, 0.1) is 0 Å². The fraction of sp³-hybridized carbons (Fsp3) is 0.423. The van der Waals surface area contributed by atoms with Crippen LogP contribution in [0.25, 0.3) is 32.5 Å². The smallest absolute Gasteiger partial charge is 0.508 e. The van der Waals surface area contributed by atoms with Crippen LogP contribution >= 0.6 is 11.3 Å². The van der Waals surface area contributed by atoms with Crippen molar-refractivity contribution in [2.45, 2.75) is 59.3 Å². The SMILES string of the molecule is CN(C)Cc1cc2c(s1)c(-c1cc3ccc(O)cc3n1OC(=O)OC(C)(C)C)nn2C(=O)OC(C)(C)C. The Morgan fingerprint density at radius 1 is 1.00 bits per heavy atom. The Bertz CT molecular complexity index is 1480. The van der Waals surface area contributed by atoms with Crippen molar-refractivity contribution >= 4 is 44.7 Å². The number of fused-ring (bicyclic) bond motifs is 2. The molecule has 0 aliphatic rings. The van der Waals surface area contributed by atoms with Crippen molar-refractivity contribution < 1.29 is 29.0 Å². The lowest BCUT2D eigenvalue weighted by Crippen LogP contribution is -2.30. The number of ether oxygens (including phenoxy) is 2. The normalized spacial score (nSPS) is 12.5. The molecule has 4 rings (SSSR count). The van der Waals surface area contributed by atoms with Crippen LogP contribution < -0.4 is 4.84 Å². The first-order valence-corrected chi connectivity index (χ1v) is 12.6. The lowest BCUT2D eigenvalue weighted by Gasteiger charge is -2.19. The third-order valence-corrected chi connectivity index (χ3v) is 6.10. The number of carbonyl (C=O) groups excluding carboxylic acids is 2. The monoisotopic (exact) mass is 528 g/mol. The Hall–Kier alpha value is -3.57. The van der Waals surface area contributed by atoms with Crippen LogP contribution in [0.1, 0.15) is 46.4 Å². The first-order chi connectivity index (χ1) is 17.1. The predicted octanol–water partition coefficient (Wildman–Crippen LogP) is 5.63. The number of nitrogens with zero attached hydrogens (tertiary/aromatic N) is 4. The standard InChI is InChI=1S/C26H32N4O6S/c1-25(2,3)34-23(32)29-20-13-17(14-28(7)8)37-22(20)21(27-29)19-11-15-9-10-16(31)12-18(15)30(19)36-24(33)35-26(4,5)6/h9-13,31H,14H2,1-8H3. The summed E-state index contributed by atoms with van der Waals surface area (Å²) in [5, 5.41) is 15.4. The van der Waals surface area contributed by atoms with Crippen LogP contribution in [-0.4, -0.2) is 62.1 Å². The van der Waals surface area contributed by atoms with Gasteiger partial charge in [0, 0.05) is 22.9 Å². The summed E-state index contributed by atoms with van der Waals surface area (Å²) in [7, 11) is 3.93. The highest BCUT2D eigenvalue weighted by Gasteiger charge is 2.28. The molecule has 0 amide bonds. The summed E-state index contributed by atoms with van der Waals surface area (Å²) in [6, 6.07) is 8.42. The van der Waals surface area contributed by atoms with Gasteiger partial charge in [-0.25, -0.2) is 9.59 Å². The second kappa shape index (κ2) is 9.38. The van der Waals surface area contributed by atoms with Crippen molar-refractivity contribution in [1.29, 1.82) is 0 Å². The van der Waals surface area contributed by atoms with Crippen LogP contribution in [0.4, 0.5) is 9.59 Å². The number of aromatic hydroxyl groups is 1. The van der Waals surface area contributed by atoms with Crippen molar-refractivity contribution in [2.75, 3.05) is 14.1 Å². The molecule has 37 heavy (non-hydrogen) atoms. The topological polar surface area (TPSA) is 108 Å². The van der Waals surface area contributed by atoms with E-state index in [9.17, 15) is 14.7 Å². The molecule has 0 bridgehead atoms. The third-order valence-electron chi connectivity index (χ3n) is 4.99. The summed E-state index contributed by atoms with van der Waals surface area (Å²) in [4.78, 5) is 34.5. The summed E-state index contributed by atoms with van der Waals surface area (Å²) in [6.07, 6.45) is -1.54. The molecule has 11 heteroatoms. The van der Waals surface area contributed by atoms with E-state index in [1.165, 1.54) is 26.8 Å². The Labute approximate surface area is 218 Å². The van der Waals surface area contributed by atoms with Crippen molar-refractivity contribution in [3.63, 3.8) is 0 Å². The maximum Gasteiger partial charge on any atom is 0.534 e. The number of carbonyl (C=O) groups is 2. The molecule has 3 aromatic heterocycles. The van der Waals surface area contributed by atoms with Gasteiger partial charge < -0.3 is 24.3 Å². The van der Waals surface area contributed by atoms with Crippen LogP contribution in [0.2, 0.25) is 0 Å². The second-order valence-corrected chi connectivity index (χ2v) is 12.2. The Morgan fingerprint density at radius 3 is 2.30 bits per heavy atom. The first-order valence-electron chi connectivity index (χ1n) is 11.8. The molecule has 198 valence electrons. The van der Waals surface area contributed by atoms with Crippen molar-refractivity contribution in [2.24, 2.45) is 0 Å². The van der Waals surface area contributed by atoms with E-state index in [-0.39, 0.29) is 5.75 Å². The average molecular weight is 529 g/mol. The van der Waals surface area contributed by atoms with E-state index in [0.717, 1.165) is 9.58 Å².